The molecule has 162 valence electrons. The number of nitrogens with zero attached hydrogens (tertiary/aromatic N) is 3. The van der Waals surface area contributed by atoms with Crippen LogP contribution in [0.4, 0.5) is 0 Å². The van der Waals surface area contributed by atoms with E-state index in [-0.39, 0.29) is 17.2 Å². The van der Waals surface area contributed by atoms with Gasteiger partial charge in [-0.25, -0.2) is 0 Å². The Labute approximate surface area is 183 Å². The lowest BCUT2D eigenvalue weighted by atomic mass is 9.84. The molecule has 0 spiro atoms. The highest BCUT2D eigenvalue weighted by atomic mass is 32.2. The second-order valence-corrected chi connectivity index (χ2v) is 9.95. The van der Waals surface area contributed by atoms with Crippen molar-refractivity contribution in [1.29, 1.82) is 0 Å². The molecule has 30 heavy (non-hydrogen) atoms. The van der Waals surface area contributed by atoms with E-state index in [0.717, 1.165) is 40.7 Å². The van der Waals surface area contributed by atoms with E-state index in [0.29, 0.717) is 5.92 Å². The minimum Gasteiger partial charge on any atom is -0.496 e. The molecular formula is C23H32N4O2S. The molecule has 1 amide bonds. The molecule has 0 radical (unpaired) electrons. The van der Waals surface area contributed by atoms with Gasteiger partial charge < -0.3 is 14.6 Å². The third-order valence-corrected chi connectivity index (χ3v) is 7.92. The number of rotatable bonds is 8. The summed E-state index contributed by atoms with van der Waals surface area (Å²) in [6.07, 6.45) is 5.36. The van der Waals surface area contributed by atoms with E-state index in [1.165, 1.54) is 37.4 Å². The number of hydrogen-bond donors (Lipinski definition) is 1. The molecule has 1 aromatic heterocycles. The fraction of sp³-hybridized carbons (Fsp3) is 0.609. The van der Waals surface area contributed by atoms with Gasteiger partial charge in [0, 0.05) is 12.6 Å². The van der Waals surface area contributed by atoms with Crippen LogP contribution in [0.2, 0.25) is 0 Å². The maximum absolute atomic E-state index is 12.9. The van der Waals surface area contributed by atoms with Gasteiger partial charge in [0.2, 0.25) is 5.91 Å². The lowest BCUT2D eigenvalue weighted by Crippen LogP contribution is -2.43. The van der Waals surface area contributed by atoms with Crippen LogP contribution >= 0.6 is 11.8 Å². The van der Waals surface area contributed by atoms with Crippen molar-refractivity contribution in [3.05, 3.63) is 24.3 Å². The average Bonchev–Trinajstić information content (AvgIpc) is 3.49. The normalized spacial score (nSPS) is 24.6. The monoisotopic (exact) mass is 428 g/mol. The highest BCUT2D eigenvalue weighted by molar-refractivity contribution is 8.00. The van der Waals surface area contributed by atoms with Crippen LogP contribution in [-0.2, 0) is 11.3 Å². The summed E-state index contributed by atoms with van der Waals surface area (Å²) in [7, 11) is 1.66. The number of benzene rings is 1. The first-order valence-corrected chi connectivity index (χ1v) is 11.9. The van der Waals surface area contributed by atoms with Crippen molar-refractivity contribution in [3.63, 3.8) is 0 Å². The number of ether oxygens (including phenoxy) is 1. The molecule has 1 N–H and O–H groups in total. The second-order valence-electron chi connectivity index (χ2n) is 8.65. The van der Waals surface area contributed by atoms with Gasteiger partial charge in [-0.1, -0.05) is 30.3 Å². The van der Waals surface area contributed by atoms with E-state index in [9.17, 15) is 4.79 Å². The van der Waals surface area contributed by atoms with Gasteiger partial charge in [-0.15, -0.1) is 10.2 Å². The number of para-hydroxylation sites is 1. The second kappa shape index (κ2) is 9.00. The molecule has 2 bridgehead atoms. The van der Waals surface area contributed by atoms with Gasteiger partial charge in [0.15, 0.2) is 11.0 Å². The fourth-order valence-electron chi connectivity index (χ4n) is 5.26. The third kappa shape index (κ3) is 4.09. The number of hydrogen-bond acceptors (Lipinski definition) is 5. The molecular weight excluding hydrogens is 396 g/mol. The van der Waals surface area contributed by atoms with Crippen molar-refractivity contribution >= 4 is 17.7 Å². The average molecular weight is 429 g/mol. The zero-order chi connectivity index (χ0) is 21.3. The summed E-state index contributed by atoms with van der Waals surface area (Å²) in [5.41, 5.74) is 0.906. The van der Waals surface area contributed by atoms with Crippen molar-refractivity contribution in [1.82, 2.24) is 20.1 Å². The Morgan fingerprint density at radius 2 is 2.07 bits per heavy atom. The zero-order valence-corrected chi connectivity index (χ0v) is 19.1. The van der Waals surface area contributed by atoms with E-state index >= 15 is 0 Å². The predicted octanol–water partition coefficient (Wildman–Crippen LogP) is 4.40. The highest BCUT2D eigenvalue weighted by Gasteiger charge is 2.42. The third-order valence-electron chi connectivity index (χ3n) is 6.84. The molecule has 2 fully saturated rings. The fourth-order valence-corrected chi connectivity index (χ4v) is 6.18. The summed E-state index contributed by atoms with van der Waals surface area (Å²) >= 11 is 1.47. The largest absolute Gasteiger partial charge is 0.496 e. The molecule has 2 aromatic rings. The number of carbonyl (C=O) groups excluding carboxylic acids is 1. The van der Waals surface area contributed by atoms with Gasteiger partial charge >= 0.3 is 0 Å². The van der Waals surface area contributed by atoms with E-state index in [4.69, 9.17) is 4.74 Å². The van der Waals surface area contributed by atoms with Gasteiger partial charge in [-0.05, 0) is 69.9 Å². The molecule has 1 heterocycles. The van der Waals surface area contributed by atoms with Gasteiger partial charge in [0.1, 0.15) is 5.75 Å². The van der Waals surface area contributed by atoms with Gasteiger partial charge in [0.25, 0.3) is 0 Å². The molecule has 0 unspecified atom stereocenters. The van der Waals surface area contributed by atoms with Gasteiger partial charge in [-0.2, -0.15) is 0 Å². The Morgan fingerprint density at radius 1 is 1.27 bits per heavy atom. The number of thioether (sulfide) groups is 1. The SMILES string of the molecule is CCn1c(S[C@H](C)C(=O)N[C@H](C)[C@@H]2C[C@H]3CC[C@H]2C3)nnc1-c1ccccc1OC. The van der Waals surface area contributed by atoms with Crippen molar-refractivity contribution in [2.24, 2.45) is 17.8 Å². The summed E-state index contributed by atoms with van der Waals surface area (Å²) in [6.45, 7) is 6.91. The Morgan fingerprint density at radius 3 is 2.73 bits per heavy atom. The Kier molecular flexibility index (Phi) is 6.37. The Bertz CT molecular complexity index is 899. The topological polar surface area (TPSA) is 69.0 Å². The van der Waals surface area contributed by atoms with Crippen LogP contribution in [0.25, 0.3) is 11.4 Å². The van der Waals surface area contributed by atoms with Crippen LogP contribution in [0.5, 0.6) is 5.75 Å². The van der Waals surface area contributed by atoms with E-state index in [1.54, 1.807) is 7.11 Å². The molecule has 2 aliphatic carbocycles. The molecule has 6 nitrogen and oxygen atoms in total. The molecule has 0 saturated heterocycles. The van der Waals surface area contributed by atoms with Gasteiger partial charge in [0.05, 0.1) is 17.9 Å². The molecule has 2 saturated carbocycles. The number of carbonyl (C=O) groups is 1. The molecule has 4 rings (SSSR count). The van der Waals surface area contributed by atoms with E-state index in [1.807, 2.05) is 35.8 Å². The highest BCUT2D eigenvalue weighted by Crippen LogP contribution is 2.49. The zero-order valence-electron chi connectivity index (χ0n) is 18.3. The first-order chi connectivity index (χ1) is 14.5. The Balaban J connectivity index is 1.43. The molecule has 0 aliphatic heterocycles. The van der Waals surface area contributed by atoms with Crippen LogP contribution in [0.1, 0.15) is 46.5 Å². The van der Waals surface area contributed by atoms with Crippen molar-refractivity contribution in [2.45, 2.75) is 69.4 Å². The molecule has 7 heteroatoms. The smallest absolute Gasteiger partial charge is 0.233 e. The first-order valence-electron chi connectivity index (χ1n) is 11.0. The number of fused-ring (bicyclic) bond motifs is 2. The van der Waals surface area contributed by atoms with Crippen molar-refractivity contribution < 1.29 is 9.53 Å². The number of methoxy groups -OCH3 is 1. The van der Waals surface area contributed by atoms with Crippen LogP contribution in [0, 0.1) is 17.8 Å². The molecule has 1 aromatic carbocycles. The summed E-state index contributed by atoms with van der Waals surface area (Å²) in [4.78, 5) is 12.9. The quantitative estimate of drug-likeness (QED) is 0.631. The number of amides is 1. The standard InChI is InChI=1S/C23H32N4O2S/c1-5-27-21(18-8-6-7-9-20(18)29-4)25-26-23(27)30-15(3)22(28)24-14(2)19-13-16-10-11-17(19)12-16/h6-9,14-17,19H,5,10-13H2,1-4H3,(H,24,28)/t14-,15-,16+,17+,19+/m1/s1. The lowest BCUT2D eigenvalue weighted by Gasteiger charge is -2.29. The van der Waals surface area contributed by atoms with Crippen LogP contribution in [-0.4, -0.2) is 39.1 Å². The van der Waals surface area contributed by atoms with Crippen molar-refractivity contribution in [2.75, 3.05) is 7.11 Å². The maximum atomic E-state index is 12.9. The predicted molar refractivity (Wildman–Crippen MR) is 120 cm³/mol. The summed E-state index contributed by atoms with van der Waals surface area (Å²) in [6, 6.07) is 8.05. The lowest BCUT2D eigenvalue weighted by molar-refractivity contribution is -0.121. The molecule has 2 aliphatic rings. The Hall–Kier alpha value is -2.02. The van der Waals surface area contributed by atoms with Crippen LogP contribution in [0.15, 0.2) is 29.4 Å². The van der Waals surface area contributed by atoms with Crippen LogP contribution in [0.3, 0.4) is 0 Å². The maximum Gasteiger partial charge on any atom is 0.233 e. The van der Waals surface area contributed by atoms with Gasteiger partial charge in [-0.3, -0.25) is 4.79 Å². The summed E-state index contributed by atoms with van der Waals surface area (Å²) < 4.78 is 7.54. The van der Waals surface area contributed by atoms with E-state index in [2.05, 4.69) is 29.4 Å². The minimum absolute atomic E-state index is 0.0831. The number of nitrogens with one attached hydrogen (secondary N) is 1. The first kappa shape index (κ1) is 21.2. The molecule has 5 atom stereocenters. The van der Waals surface area contributed by atoms with Crippen molar-refractivity contribution in [3.8, 4) is 17.1 Å². The summed E-state index contributed by atoms with van der Waals surface area (Å²) in [5.74, 6) is 3.95. The number of aromatic nitrogens is 3. The minimum atomic E-state index is -0.231. The summed E-state index contributed by atoms with van der Waals surface area (Å²) in [5, 5.41) is 12.6. The van der Waals surface area contributed by atoms with E-state index < -0.39 is 0 Å². The van der Waals surface area contributed by atoms with Crippen LogP contribution < -0.4 is 10.1 Å².